The third-order valence-corrected chi connectivity index (χ3v) is 1.70. The van der Waals surface area contributed by atoms with Crippen molar-refractivity contribution in [2.75, 3.05) is 6.61 Å². The van der Waals surface area contributed by atoms with Crippen molar-refractivity contribution in [3.05, 3.63) is 29.8 Å². The summed E-state index contributed by atoms with van der Waals surface area (Å²) in [5.74, 6) is 0.824. The molecule has 74 valence electrons. The van der Waals surface area contributed by atoms with Crippen molar-refractivity contribution in [3.63, 3.8) is 0 Å². The number of ether oxygens (including phenoxy) is 1. The zero-order chi connectivity index (χ0) is 10.2. The zero-order valence-electron chi connectivity index (χ0n) is 8.19. The van der Waals surface area contributed by atoms with Crippen molar-refractivity contribution in [1.29, 1.82) is 0 Å². The van der Waals surface area contributed by atoms with E-state index >= 15 is 0 Å². The maximum absolute atomic E-state index is 9.91. The monoisotopic (exact) mass is 191 g/mol. The Labute approximate surface area is 83.4 Å². The van der Waals surface area contributed by atoms with Crippen LogP contribution in [0.3, 0.4) is 0 Å². The molecular formula is C11H13NO2. The van der Waals surface area contributed by atoms with Crippen molar-refractivity contribution < 1.29 is 9.53 Å². The van der Waals surface area contributed by atoms with E-state index in [0.29, 0.717) is 13.2 Å². The van der Waals surface area contributed by atoms with Gasteiger partial charge in [0.15, 0.2) is 0 Å². The summed E-state index contributed by atoms with van der Waals surface area (Å²) in [5, 5.41) is 0. The Morgan fingerprint density at radius 1 is 1.50 bits per heavy atom. The lowest BCUT2D eigenvalue weighted by molar-refractivity contribution is 0.317. The van der Waals surface area contributed by atoms with Crippen molar-refractivity contribution >= 4 is 6.08 Å². The van der Waals surface area contributed by atoms with E-state index in [-0.39, 0.29) is 0 Å². The van der Waals surface area contributed by atoms with Crippen LogP contribution in [0.2, 0.25) is 0 Å². The van der Waals surface area contributed by atoms with Gasteiger partial charge in [-0.25, -0.2) is 9.79 Å². The average molecular weight is 191 g/mol. The van der Waals surface area contributed by atoms with Gasteiger partial charge in [-0.05, 0) is 24.1 Å². The van der Waals surface area contributed by atoms with Crippen LogP contribution in [-0.4, -0.2) is 12.7 Å². The van der Waals surface area contributed by atoms with Crippen LogP contribution in [0.15, 0.2) is 29.3 Å². The molecule has 0 bridgehead atoms. The normalized spacial score (nSPS) is 9.21. The molecule has 0 radical (unpaired) electrons. The van der Waals surface area contributed by atoms with Gasteiger partial charge in [0.2, 0.25) is 6.08 Å². The summed E-state index contributed by atoms with van der Waals surface area (Å²) in [6.45, 7) is 3.13. The van der Waals surface area contributed by atoms with Crippen LogP contribution in [-0.2, 0) is 11.3 Å². The minimum absolute atomic E-state index is 0.368. The van der Waals surface area contributed by atoms with Gasteiger partial charge in [-0.3, -0.25) is 0 Å². The number of nitrogens with zero attached hydrogens (tertiary/aromatic N) is 1. The molecule has 1 aromatic carbocycles. The molecule has 0 fully saturated rings. The topological polar surface area (TPSA) is 38.7 Å². The Morgan fingerprint density at radius 3 is 3.07 bits per heavy atom. The van der Waals surface area contributed by atoms with Crippen LogP contribution in [0.25, 0.3) is 0 Å². The van der Waals surface area contributed by atoms with Crippen molar-refractivity contribution in [1.82, 2.24) is 0 Å². The van der Waals surface area contributed by atoms with Crippen LogP contribution in [0.1, 0.15) is 18.9 Å². The molecule has 0 saturated heterocycles. The molecule has 1 aromatic rings. The Hall–Kier alpha value is -1.60. The number of benzene rings is 1. The molecule has 1 rings (SSSR count). The minimum atomic E-state index is 0.368. The summed E-state index contributed by atoms with van der Waals surface area (Å²) in [7, 11) is 0. The predicted octanol–water partition coefficient (Wildman–Crippen LogP) is 2.31. The third kappa shape index (κ3) is 3.42. The first-order valence-corrected chi connectivity index (χ1v) is 4.62. The van der Waals surface area contributed by atoms with Gasteiger partial charge in [0, 0.05) is 0 Å². The summed E-state index contributed by atoms with van der Waals surface area (Å²) in [6, 6.07) is 7.57. The maximum Gasteiger partial charge on any atom is 0.235 e. The fourth-order valence-electron chi connectivity index (χ4n) is 1.08. The van der Waals surface area contributed by atoms with Gasteiger partial charge < -0.3 is 4.74 Å². The van der Waals surface area contributed by atoms with Gasteiger partial charge in [0.1, 0.15) is 5.75 Å². The summed E-state index contributed by atoms with van der Waals surface area (Å²) in [6.07, 6.45) is 2.50. The lowest BCUT2D eigenvalue weighted by atomic mass is 10.2. The third-order valence-electron chi connectivity index (χ3n) is 1.70. The summed E-state index contributed by atoms with van der Waals surface area (Å²) in [5.41, 5.74) is 0.960. The molecule has 3 heteroatoms. The second kappa shape index (κ2) is 5.95. The first-order valence-electron chi connectivity index (χ1n) is 4.62. The van der Waals surface area contributed by atoms with Crippen LogP contribution in [0.5, 0.6) is 5.75 Å². The van der Waals surface area contributed by atoms with Gasteiger partial charge in [0.25, 0.3) is 0 Å². The van der Waals surface area contributed by atoms with Gasteiger partial charge in [-0.1, -0.05) is 19.1 Å². The molecule has 14 heavy (non-hydrogen) atoms. The van der Waals surface area contributed by atoms with E-state index in [4.69, 9.17) is 4.74 Å². The van der Waals surface area contributed by atoms with E-state index < -0.39 is 0 Å². The van der Waals surface area contributed by atoms with Crippen molar-refractivity contribution in [2.45, 2.75) is 19.9 Å². The minimum Gasteiger partial charge on any atom is -0.494 e. The highest BCUT2D eigenvalue weighted by molar-refractivity contribution is 5.35. The Bertz CT molecular complexity index is 330. The molecule has 0 saturated carbocycles. The lowest BCUT2D eigenvalue weighted by Crippen LogP contribution is -1.95. The molecule has 0 atom stereocenters. The van der Waals surface area contributed by atoms with Crippen molar-refractivity contribution in [2.24, 2.45) is 4.99 Å². The highest BCUT2D eigenvalue weighted by Crippen LogP contribution is 2.13. The lowest BCUT2D eigenvalue weighted by Gasteiger charge is -2.04. The highest BCUT2D eigenvalue weighted by atomic mass is 16.5. The van der Waals surface area contributed by atoms with E-state index in [1.54, 1.807) is 0 Å². The molecular weight excluding hydrogens is 178 g/mol. The molecule has 0 N–H and O–H groups in total. The van der Waals surface area contributed by atoms with E-state index in [2.05, 4.69) is 11.9 Å². The fraction of sp³-hybridized carbons (Fsp3) is 0.364. The molecule has 0 heterocycles. The molecule has 0 aliphatic carbocycles. The van der Waals surface area contributed by atoms with E-state index in [1.807, 2.05) is 24.3 Å². The first-order chi connectivity index (χ1) is 6.86. The number of aliphatic imine (C=N–C) groups is 1. The Morgan fingerprint density at radius 2 is 2.36 bits per heavy atom. The molecule has 0 unspecified atom stereocenters. The summed E-state index contributed by atoms with van der Waals surface area (Å²) >= 11 is 0. The van der Waals surface area contributed by atoms with E-state index in [9.17, 15) is 4.79 Å². The van der Waals surface area contributed by atoms with Gasteiger partial charge >= 0.3 is 0 Å². The molecule has 0 aliphatic heterocycles. The Balaban J connectivity index is 2.63. The van der Waals surface area contributed by atoms with Crippen LogP contribution >= 0.6 is 0 Å². The molecule has 0 spiro atoms. The second-order valence-corrected chi connectivity index (χ2v) is 2.90. The van der Waals surface area contributed by atoms with E-state index in [1.165, 1.54) is 6.08 Å². The zero-order valence-corrected chi connectivity index (χ0v) is 8.19. The maximum atomic E-state index is 9.91. The first kappa shape index (κ1) is 10.5. The fourth-order valence-corrected chi connectivity index (χ4v) is 1.08. The van der Waals surface area contributed by atoms with Crippen LogP contribution < -0.4 is 4.74 Å². The smallest absolute Gasteiger partial charge is 0.235 e. The quantitative estimate of drug-likeness (QED) is 0.529. The number of hydrogen-bond acceptors (Lipinski definition) is 3. The molecule has 0 amide bonds. The average Bonchev–Trinajstić information content (AvgIpc) is 2.24. The molecule has 0 aliphatic rings. The number of isocyanates is 1. The standard InChI is InChI=1S/C11H13NO2/c1-2-6-14-11-5-3-4-10(7-11)8-12-9-13/h3-5,7H,2,6,8H2,1H3. The van der Waals surface area contributed by atoms with Gasteiger partial charge in [0.05, 0.1) is 13.2 Å². The predicted molar refractivity (Wildman–Crippen MR) is 54.1 cm³/mol. The SMILES string of the molecule is CCCOc1cccc(CN=C=O)c1. The van der Waals surface area contributed by atoms with Crippen LogP contribution in [0, 0.1) is 0 Å². The number of rotatable bonds is 5. The number of carbonyl (C=O) groups excluding carboxylic acids is 1. The van der Waals surface area contributed by atoms with Gasteiger partial charge in [-0.15, -0.1) is 0 Å². The number of hydrogen-bond donors (Lipinski definition) is 0. The van der Waals surface area contributed by atoms with Gasteiger partial charge in [-0.2, -0.15) is 0 Å². The summed E-state index contributed by atoms with van der Waals surface area (Å²) in [4.78, 5) is 13.4. The second-order valence-electron chi connectivity index (χ2n) is 2.90. The highest BCUT2D eigenvalue weighted by Gasteiger charge is 1.95. The van der Waals surface area contributed by atoms with Crippen molar-refractivity contribution in [3.8, 4) is 5.75 Å². The largest absolute Gasteiger partial charge is 0.494 e. The molecule has 3 nitrogen and oxygen atoms in total. The van der Waals surface area contributed by atoms with Crippen LogP contribution in [0.4, 0.5) is 0 Å². The Kier molecular flexibility index (Phi) is 4.45. The molecule has 0 aromatic heterocycles. The summed E-state index contributed by atoms with van der Waals surface area (Å²) < 4.78 is 5.44. The van der Waals surface area contributed by atoms with E-state index in [0.717, 1.165) is 17.7 Å².